The third-order valence-electron chi connectivity index (χ3n) is 3.61. The molecule has 2 atom stereocenters. The zero-order valence-electron chi connectivity index (χ0n) is 13.4. The van der Waals surface area contributed by atoms with Crippen LogP contribution in [0.3, 0.4) is 0 Å². The number of nitrogens with zero attached hydrogens (tertiary/aromatic N) is 1. The summed E-state index contributed by atoms with van der Waals surface area (Å²) in [5, 5.41) is 11.7. The Kier molecular flexibility index (Phi) is 5.65. The van der Waals surface area contributed by atoms with Crippen molar-refractivity contribution in [1.82, 2.24) is 5.32 Å². The molecule has 0 saturated carbocycles. The number of amides is 1. The minimum atomic E-state index is -4.48. The van der Waals surface area contributed by atoms with Gasteiger partial charge in [0.1, 0.15) is 11.3 Å². The molecule has 1 aromatic rings. The van der Waals surface area contributed by atoms with Gasteiger partial charge < -0.3 is 10.1 Å². The van der Waals surface area contributed by atoms with Crippen molar-refractivity contribution in [3.8, 4) is 11.8 Å². The second kappa shape index (κ2) is 6.90. The summed E-state index contributed by atoms with van der Waals surface area (Å²) in [6.07, 6.45) is -5.52. The van der Waals surface area contributed by atoms with Gasteiger partial charge in [-0.2, -0.15) is 18.4 Å². The van der Waals surface area contributed by atoms with Crippen molar-refractivity contribution < 1.29 is 22.7 Å². The minimum absolute atomic E-state index is 0.0642. The molecule has 0 aliphatic rings. The maximum Gasteiger partial charge on any atom is 0.416 e. The molecule has 1 N–H and O–H groups in total. The number of carbonyl (C=O) groups is 1. The third-order valence-corrected chi connectivity index (χ3v) is 3.61. The third kappa shape index (κ3) is 4.88. The van der Waals surface area contributed by atoms with Crippen LogP contribution in [0.5, 0.6) is 5.75 Å². The van der Waals surface area contributed by atoms with E-state index in [9.17, 15) is 23.2 Å². The number of hydrogen-bond donors (Lipinski definition) is 1. The molecule has 0 aliphatic heterocycles. The van der Waals surface area contributed by atoms with Gasteiger partial charge in [0.25, 0.3) is 5.91 Å². The quantitative estimate of drug-likeness (QED) is 0.899. The van der Waals surface area contributed by atoms with Gasteiger partial charge >= 0.3 is 6.18 Å². The molecule has 1 aromatic carbocycles. The molecule has 1 amide bonds. The van der Waals surface area contributed by atoms with Crippen LogP contribution in [0.4, 0.5) is 13.2 Å². The highest BCUT2D eigenvalue weighted by Gasteiger charge is 2.33. The normalized spacial score (nSPS) is 15.4. The van der Waals surface area contributed by atoms with Crippen LogP contribution in [0.2, 0.25) is 0 Å². The Morgan fingerprint density at radius 2 is 1.91 bits per heavy atom. The second-order valence-corrected chi connectivity index (χ2v) is 5.74. The summed E-state index contributed by atoms with van der Waals surface area (Å²) in [4.78, 5) is 12.1. The highest BCUT2D eigenvalue weighted by molar-refractivity contribution is 5.81. The van der Waals surface area contributed by atoms with Crippen LogP contribution in [0.1, 0.15) is 33.3 Å². The first-order chi connectivity index (χ1) is 10.5. The molecular formula is C16H19F3N2O2. The van der Waals surface area contributed by atoms with E-state index >= 15 is 0 Å². The molecule has 0 aliphatic carbocycles. The van der Waals surface area contributed by atoms with Crippen LogP contribution in [0.25, 0.3) is 0 Å². The lowest BCUT2D eigenvalue weighted by Gasteiger charge is -2.28. The summed E-state index contributed by atoms with van der Waals surface area (Å²) < 4.78 is 43.2. The van der Waals surface area contributed by atoms with E-state index in [4.69, 9.17) is 4.74 Å². The molecule has 7 heteroatoms. The van der Waals surface area contributed by atoms with Crippen molar-refractivity contribution in [2.45, 2.75) is 45.5 Å². The molecule has 4 nitrogen and oxygen atoms in total. The predicted molar refractivity (Wildman–Crippen MR) is 78.5 cm³/mol. The number of rotatable bonds is 5. The Balaban J connectivity index is 2.82. The van der Waals surface area contributed by atoms with E-state index in [-0.39, 0.29) is 11.7 Å². The average Bonchev–Trinajstić information content (AvgIpc) is 2.46. The molecule has 0 saturated heterocycles. The van der Waals surface area contributed by atoms with E-state index in [0.717, 1.165) is 12.1 Å². The van der Waals surface area contributed by atoms with E-state index in [1.807, 2.05) is 6.07 Å². The average molecular weight is 328 g/mol. The molecular weight excluding hydrogens is 309 g/mol. The van der Waals surface area contributed by atoms with Gasteiger partial charge in [-0.05, 0) is 38.0 Å². The number of halogens is 3. The standard InChI is InChI=1S/C16H19F3N2O2/c1-10(2)15(4,9-20)21-14(22)11(3)23-13-7-5-6-12(8-13)16(17,18)19/h5-8,10-11H,1-4H3,(H,21,22). The van der Waals surface area contributed by atoms with Crippen molar-refractivity contribution in [2.75, 3.05) is 0 Å². The number of nitrogens with one attached hydrogen (secondary N) is 1. The zero-order chi connectivity index (χ0) is 17.8. The molecule has 2 unspecified atom stereocenters. The van der Waals surface area contributed by atoms with Gasteiger partial charge in [-0.1, -0.05) is 19.9 Å². The Bertz CT molecular complexity index is 608. The van der Waals surface area contributed by atoms with Crippen LogP contribution < -0.4 is 10.1 Å². The fourth-order valence-electron chi connectivity index (χ4n) is 1.66. The van der Waals surface area contributed by atoms with Gasteiger partial charge in [-0.15, -0.1) is 0 Å². The summed E-state index contributed by atoms with van der Waals surface area (Å²) in [6.45, 7) is 6.55. The lowest BCUT2D eigenvalue weighted by Crippen LogP contribution is -2.52. The maximum atomic E-state index is 12.7. The van der Waals surface area contributed by atoms with Gasteiger partial charge in [0.15, 0.2) is 6.10 Å². The summed E-state index contributed by atoms with van der Waals surface area (Å²) in [5.74, 6) is -0.775. The first-order valence-corrected chi connectivity index (χ1v) is 7.07. The fraction of sp³-hybridized carbons (Fsp3) is 0.500. The number of alkyl halides is 3. The number of carbonyl (C=O) groups excluding carboxylic acids is 1. The van der Waals surface area contributed by atoms with Crippen LogP contribution in [0.15, 0.2) is 24.3 Å². The van der Waals surface area contributed by atoms with Gasteiger partial charge in [0.05, 0.1) is 11.6 Å². The lowest BCUT2D eigenvalue weighted by molar-refractivity contribution is -0.137. The van der Waals surface area contributed by atoms with Gasteiger partial charge in [0.2, 0.25) is 0 Å². The van der Waals surface area contributed by atoms with Crippen LogP contribution >= 0.6 is 0 Å². The van der Waals surface area contributed by atoms with Gasteiger partial charge in [-0.25, -0.2) is 0 Å². The number of ether oxygens (including phenoxy) is 1. The predicted octanol–water partition coefficient (Wildman–Crippen LogP) is 3.53. The van der Waals surface area contributed by atoms with E-state index in [2.05, 4.69) is 5.32 Å². The smallest absolute Gasteiger partial charge is 0.416 e. The minimum Gasteiger partial charge on any atom is -0.481 e. The van der Waals surface area contributed by atoms with Crippen LogP contribution in [-0.2, 0) is 11.0 Å². The monoisotopic (exact) mass is 328 g/mol. The van der Waals surface area contributed by atoms with Crippen molar-refractivity contribution in [1.29, 1.82) is 5.26 Å². The summed E-state index contributed by atoms with van der Waals surface area (Å²) in [6, 6.07) is 6.31. The Morgan fingerprint density at radius 1 is 1.30 bits per heavy atom. The van der Waals surface area contributed by atoms with Gasteiger partial charge in [-0.3, -0.25) is 4.79 Å². The molecule has 0 aromatic heterocycles. The number of hydrogen-bond acceptors (Lipinski definition) is 3. The SMILES string of the molecule is CC(Oc1cccc(C(F)(F)F)c1)C(=O)NC(C)(C#N)C(C)C. The molecule has 1 rings (SSSR count). The molecule has 0 bridgehead atoms. The number of nitriles is 1. The van der Waals surface area contributed by atoms with Crippen molar-refractivity contribution in [3.05, 3.63) is 29.8 Å². The summed E-state index contributed by atoms with van der Waals surface area (Å²) in [5.41, 5.74) is -1.94. The first kappa shape index (κ1) is 18.8. The maximum absolute atomic E-state index is 12.7. The fourth-order valence-corrected chi connectivity index (χ4v) is 1.66. The topological polar surface area (TPSA) is 62.1 Å². The van der Waals surface area contributed by atoms with E-state index in [1.165, 1.54) is 19.1 Å². The molecule has 0 radical (unpaired) electrons. The van der Waals surface area contributed by atoms with Crippen LogP contribution in [0, 0.1) is 17.2 Å². The molecule has 0 heterocycles. The molecule has 23 heavy (non-hydrogen) atoms. The molecule has 0 spiro atoms. The van der Waals surface area contributed by atoms with E-state index in [0.29, 0.717) is 0 Å². The Hall–Kier alpha value is -2.23. The molecule has 126 valence electrons. The first-order valence-electron chi connectivity index (χ1n) is 7.07. The van der Waals surface area contributed by atoms with E-state index < -0.39 is 29.3 Å². The lowest BCUT2D eigenvalue weighted by atomic mass is 9.90. The summed E-state index contributed by atoms with van der Waals surface area (Å²) in [7, 11) is 0. The summed E-state index contributed by atoms with van der Waals surface area (Å²) >= 11 is 0. The van der Waals surface area contributed by atoms with Crippen LogP contribution in [-0.4, -0.2) is 17.6 Å². The highest BCUT2D eigenvalue weighted by atomic mass is 19.4. The zero-order valence-corrected chi connectivity index (χ0v) is 13.4. The van der Waals surface area contributed by atoms with Crippen molar-refractivity contribution in [3.63, 3.8) is 0 Å². The number of benzene rings is 1. The van der Waals surface area contributed by atoms with Gasteiger partial charge in [0, 0.05) is 0 Å². The second-order valence-electron chi connectivity index (χ2n) is 5.74. The largest absolute Gasteiger partial charge is 0.481 e. The van der Waals surface area contributed by atoms with Crippen molar-refractivity contribution >= 4 is 5.91 Å². The Morgan fingerprint density at radius 3 is 2.39 bits per heavy atom. The molecule has 0 fully saturated rings. The van der Waals surface area contributed by atoms with E-state index in [1.54, 1.807) is 20.8 Å². The highest BCUT2D eigenvalue weighted by Crippen LogP contribution is 2.31. The Labute approximate surface area is 133 Å². The van der Waals surface area contributed by atoms with Crippen molar-refractivity contribution in [2.24, 2.45) is 5.92 Å².